The van der Waals surface area contributed by atoms with Gasteiger partial charge in [0.05, 0.1) is 11.3 Å². The van der Waals surface area contributed by atoms with Crippen LogP contribution in [0.3, 0.4) is 0 Å². The molecule has 1 atom stereocenters. The van der Waals surface area contributed by atoms with Gasteiger partial charge in [-0.3, -0.25) is 9.48 Å². The molecule has 5 heteroatoms. The van der Waals surface area contributed by atoms with Crippen molar-refractivity contribution in [3.63, 3.8) is 0 Å². The zero-order valence-electron chi connectivity index (χ0n) is 10.2. The van der Waals surface area contributed by atoms with Crippen molar-refractivity contribution in [2.75, 3.05) is 13.6 Å². The lowest BCUT2D eigenvalue weighted by molar-refractivity contribution is 0.0796. The van der Waals surface area contributed by atoms with E-state index in [2.05, 4.69) is 21.0 Å². The number of aromatic nitrogens is 2. The van der Waals surface area contributed by atoms with Crippen LogP contribution in [-0.2, 0) is 13.5 Å². The van der Waals surface area contributed by atoms with Gasteiger partial charge in [0.25, 0.3) is 5.91 Å². The van der Waals surface area contributed by atoms with Gasteiger partial charge >= 0.3 is 0 Å². The third kappa shape index (κ3) is 3.07. The minimum Gasteiger partial charge on any atom is -0.340 e. The third-order valence-electron chi connectivity index (χ3n) is 2.34. The summed E-state index contributed by atoms with van der Waals surface area (Å²) in [5.41, 5.74) is 1.57. The van der Waals surface area contributed by atoms with E-state index in [0.717, 1.165) is 12.1 Å². The van der Waals surface area contributed by atoms with Crippen molar-refractivity contribution < 1.29 is 4.79 Å². The lowest BCUT2D eigenvalue weighted by Gasteiger charge is -2.18. The Hall–Kier alpha value is -0.840. The van der Waals surface area contributed by atoms with Crippen molar-refractivity contribution in [1.82, 2.24) is 14.7 Å². The predicted octanol–water partition coefficient (Wildman–Crippen LogP) is 1.84. The molecule has 90 valence electrons. The highest BCUT2D eigenvalue weighted by molar-refractivity contribution is 9.09. The molecule has 0 radical (unpaired) electrons. The number of rotatable bonds is 4. The largest absolute Gasteiger partial charge is 0.340 e. The molecule has 1 heterocycles. The van der Waals surface area contributed by atoms with E-state index >= 15 is 0 Å². The summed E-state index contributed by atoms with van der Waals surface area (Å²) in [4.78, 5) is 14.1. The van der Waals surface area contributed by atoms with Crippen LogP contribution in [0, 0.1) is 0 Å². The van der Waals surface area contributed by atoms with E-state index in [4.69, 9.17) is 0 Å². The van der Waals surface area contributed by atoms with E-state index in [1.54, 1.807) is 15.8 Å². The Bertz CT molecular complexity index is 373. The smallest absolute Gasteiger partial charge is 0.257 e. The summed E-state index contributed by atoms with van der Waals surface area (Å²) in [6.07, 6.45) is 2.57. The molecule has 1 rings (SSSR count). The maximum Gasteiger partial charge on any atom is 0.257 e. The summed E-state index contributed by atoms with van der Waals surface area (Å²) in [5, 5.41) is 4.27. The first-order valence-corrected chi connectivity index (χ1v) is 6.29. The molecule has 0 aromatic carbocycles. The van der Waals surface area contributed by atoms with Crippen molar-refractivity contribution in [3.05, 3.63) is 17.5 Å². The van der Waals surface area contributed by atoms with Gasteiger partial charge in [0.1, 0.15) is 0 Å². The SMILES string of the molecule is CCc1nn(C)cc1C(=O)N(C)CC(C)Br. The summed E-state index contributed by atoms with van der Waals surface area (Å²) in [7, 11) is 3.65. The maximum atomic E-state index is 12.1. The lowest BCUT2D eigenvalue weighted by Crippen LogP contribution is -2.31. The standard InChI is InChI=1S/C11H18BrN3O/c1-5-10-9(7-15(4)13-10)11(16)14(3)6-8(2)12/h7-8H,5-6H2,1-4H3. The molecule has 0 spiro atoms. The predicted molar refractivity (Wildman–Crippen MR) is 67.9 cm³/mol. The molecular formula is C11H18BrN3O. The van der Waals surface area contributed by atoms with Gasteiger partial charge in [-0.05, 0) is 6.42 Å². The summed E-state index contributed by atoms with van der Waals surface area (Å²) in [5.74, 6) is 0.0382. The maximum absolute atomic E-state index is 12.1. The molecule has 0 aliphatic carbocycles. The number of hydrogen-bond acceptors (Lipinski definition) is 2. The van der Waals surface area contributed by atoms with Crippen LogP contribution in [0.1, 0.15) is 29.9 Å². The van der Waals surface area contributed by atoms with Gasteiger partial charge in [-0.15, -0.1) is 0 Å². The Balaban J connectivity index is 2.86. The van der Waals surface area contributed by atoms with Crippen LogP contribution in [0.15, 0.2) is 6.20 Å². The summed E-state index contributed by atoms with van der Waals surface area (Å²) in [6, 6.07) is 0. The number of hydrogen-bond donors (Lipinski definition) is 0. The minimum absolute atomic E-state index is 0.0382. The Morgan fingerprint density at radius 1 is 1.69 bits per heavy atom. The number of amides is 1. The summed E-state index contributed by atoms with van der Waals surface area (Å²) >= 11 is 3.44. The molecule has 1 aromatic rings. The number of carbonyl (C=O) groups is 1. The fourth-order valence-electron chi connectivity index (χ4n) is 1.64. The van der Waals surface area contributed by atoms with Crippen molar-refractivity contribution in [1.29, 1.82) is 0 Å². The van der Waals surface area contributed by atoms with Crippen molar-refractivity contribution in [2.24, 2.45) is 7.05 Å². The number of nitrogens with zero attached hydrogens (tertiary/aromatic N) is 3. The van der Waals surface area contributed by atoms with E-state index in [-0.39, 0.29) is 5.91 Å². The molecule has 1 aromatic heterocycles. The molecule has 0 fully saturated rings. The highest BCUT2D eigenvalue weighted by Gasteiger charge is 2.18. The van der Waals surface area contributed by atoms with Gasteiger partial charge in [-0.25, -0.2) is 0 Å². The quantitative estimate of drug-likeness (QED) is 0.793. The van der Waals surface area contributed by atoms with Crippen LogP contribution >= 0.6 is 15.9 Å². The van der Waals surface area contributed by atoms with Crippen LogP contribution in [0.2, 0.25) is 0 Å². The first-order valence-electron chi connectivity index (χ1n) is 5.37. The van der Waals surface area contributed by atoms with Crippen LogP contribution in [0.5, 0.6) is 0 Å². The number of aryl methyl sites for hydroxylation is 2. The number of halogens is 1. The van der Waals surface area contributed by atoms with Crippen molar-refractivity contribution in [3.8, 4) is 0 Å². The van der Waals surface area contributed by atoms with Gasteiger partial charge < -0.3 is 4.90 Å². The van der Waals surface area contributed by atoms with Crippen molar-refractivity contribution in [2.45, 2.75) is 25.1 Å². The van der Waals surface area contributed by atoms with E-state index in [1.807, 2.05) is 27.9 Å². The van der Waals surface area contributed by atoms with E-state index in [0.29, 0.717) is 16.9 Å². The molecule has 0 aliphatic rings. The number of carbonyl (C=O) groups excluding carboxylic acids is 1. The Kier molecular flexibility index (Phi) is 4.53. The second kappa shape index (κ2) is 5.48. The molecule has 4 nitrogen and oxygen atoms in total. The van der Waals surface area contributed by atoms with Crippen LogP contribution in [-0.4, -0.2) is 39.0 Å². The van der Waals surface area contributed by atoms with E-state index in [9.17, 15) is 4.79 Å². The Labute approximate surface area is 105 Å². The zero-order chi connectivity index (χ0) is 12.3. The van der Waals surface area contributed by atoms with Gasteiger partial charge in [-0.2, -0.15) is 5.10 Å². The molecule has 0 saturated carbocycles. The van der Waals surface area contributed by atoms with Crippen molar-refractivity contribution >= 4 is 21.8 Å². The second-order valence-electron chi connectivity index (χ2n) is 3.98. The van der Waals surface area contributed by atoms with E-state index < -0.39 is 0 Å². The number of alkyl halides is 1. The normalized spacial score (nSPS) is 12.6. The topological polar surface area (TPSA) is 38.1 Å². The summed E-state index contributed by atoms with van der Waals surface area (Å²) < 4.78 is 1.69. The molecule has 1 unspecified atom stereocenters. The van der Waals surface area contributed by atoms with Gasteiger partial charge in [0.15, 0.2) is 0 Å². The van der Waals surface area contributed by atoms with E-state index in [1.165, 1.54) is 0 Å². The fraction of sp³-hybridized carbons (Fsp3) is 0.636. The van der Waals surface area contributed by atoms with Crippen LogP contribution in [0.25, 0.3) is 0 Å². The highest BCUT2D eigenvalue weighted by atomic mass is 79.9. The zero-order valence-corrected chi connectivity index (χ0v) is 11.8. The third-order valence-corrected chi connectivity index (χ3v) is 2.63. The van der Waals surface area contributed by atoms with Crippen LogP contribution < -0.4 is 0 Å². The molecule has 16 heavy (non-hydrogen) atoms. The molecule has 0 aliphatic heterocycles. The molecule has 1 amide bonds. The fourth-order valence-corrected chi connectivity index (χ4v) is 2.07. The summed E-state index contributed by atoms with van der Waals surface area (Å²) in [6.45, 7) is 4.72. The molecule has 0 saturated heterocycles. The average Bonchev–Trinajstić information content (AvgIpc) is 2.57. The van der Waals surface area contributed by atoms with Gasteiger partial charge in [-0.1, -0.05) is 29.8 Å². The first-order chi connectivity index (χ1) is 7.45. The van der Waals surface area contributed by atoms with Crippen LogP contribution in [0.4, 0.5) is 0 Å². The Morgan fingerprint density at radius 2 is 2.31 bits per heavy atom. The average molecular weight is 288 g/mol. The lowest BCUT2D eigenvalue weighted by atomic mass is 10.2. The molecule has 0 N–H and O–H groups in total. The first kappa shape index (κ1) is 13.2. The molecule has 0 bridgehead atoms. The highest BCUT2D eigenvalue weighted by Crippen LogP contribution is 2.11. The van der Waals surface area contributed by atoms with Gasteiger partial charge in [0, 0.05) is 31.7 Å². The Morgan fingerprint density at radius 3 is 2.81 bits per heavy atom. The molecular weight excluding hydrogens is 270 g/mol. The van der Waals surface area contributed by atoms with Gasteiger partial charge in [0.2, 0.25) is 0 Å². The monoisotopic (exact) mass is 287 g/mol. The minimum atomic E-state index is 0.0382. The second-order valence-corrected chi connectivity index (χ2v) is 5.55.